The zero-order chi connectivity index (χ0) is 11.7. The quantitative estimate of drug-likeness (QED) is 0.863. The summed E-state index contributed by atoms with van der Waals surface area (Å²) in [6.07, 6.45) is 0. The van der Waals surface area contributed by atoms with Crippen LogP contribution in [0, 0.1) is 20.8 Å². The largest absolute Gasteiger partial charge is 0.326 e. The lowest BCUT2D eigenvalue weighted by Crippen LogP contribution is -1.94. The summed E-state index contributed by atoms with van der Waals surface area (Å²) >= 11 is 1.70. The highest BCUT2D eigenvalue weighted by atomic mass is 32.1. The fraction of sp³-hybridized carbons (Fsp3) is 0.308. The minimum atomic E-state index is 0.578. The van der Waals surface area contributed by atoms with Crippen molar-refractivity contribution in [1.82, 2.24) is 4.98 Å². The first-order valence-corrected chi connectivity index (χ1v) is 6.17. The third kappa shape index (κ3) is 2.01. The van der Waals surface area contributed by atoms with E-state index in [0.29, 0.717) is 6.54 Å². The van der Waals surface area contributed by atoms with E-state index in [4.69, 9.17) is 5.73 Å². The molecule has 2 rings (SSSR count). The number of benzene rings is 1. The number of nitrogens with zero attached hydrogens (tertiary/aromatic N) is 1. The highest BCUT2D eigenvalue weighted by molar-refractivity contribution is 7.15. The molecule has 1 aromatic heterocycles. The minimum absolute atomic E-state index is 0.578. The van der Waals surface area contributed by atoms with Gasteiger partial charge >= 0.3 is 0 Å². The molecule has 0 saturated heterocycles. The van der Waals surface area contributed by atoms with E-state index < -0.39 is 0 Å². The van der Waals surface area contributed by atoms with E-state index in [2.05, 4.69) is 37.0 Å². The van der Waals surface area contributed by atoms with E-state index in [-0.39, 0.29) is 0 Å². The maximum absolute atomic E-state index is 5.68. The molecule has 2 aromatic rings. The van der Waals surface area contributed by atoms with Crippen LogP contribution in [0.5, 0.6) is 0 Å². The van der Waals surface area contributed by atoms with Crippen molar-refractivity contribution < 1.29 is 0 Å². The highest BCUT2D eigenvalue weighted by Crippen LogP contribution is 2.30. The Morgan fingerprint density at radius 3 is 2.62 bits per heavy atom. The summed E-state index contributed by atoms with van der Waals surface area (Å²) in [4.78, 5) is 5.77. The van der Waals surface area contributed by atoms with Crippen LogP contribution >= 0.6 is 11.3 Å². The van der Waals surface area contributed by atoms with E-state index in [1.54, 1.807) is 11.3 Å². The van der Waals surface area contributed by atoms with Gasteiger partial charge in [-0.15, -0.1) is 11.3 Å². The first kappa shape index (κ1) is 11.3. The molecule has 16 heavy (non-hydrogen) atoms. The lowest BCUT2D eigenvalue weighted by Gasteiger charge is -2.03. The lowest BCUT2D eigenvalue weighted by atomic mass is 10.1. The second-order valence-corrected chi connectivity index (χ2v) is 5.13. The number of nitrogens with two attached hydrogens (primary N) is 1. The summed E-state index contributed by atoms with van der Waals surface area (Å²) in [5.74, 6) is 0. The number of hydrogen-bond donors (Lipinski definition) is 1. The van der Waals surface area contributed by atoms with Crippen molar-refractivity contribution >= 4 is 11.3 Å². The Labute approximate surface area is 100 Å². The van der Waals surface area contributed by atoms with Crippen LogP contribution in [0.15, 0.2) is 18.2 Å². The smallest absolute Gasteiger partial charge is 0.124 e. The third-order valence-corrected chi connectivity index (χ3v) is 3.91. The molecule has 0 saturated carbocycles. The van der Waals surface area contributed by atoms with Gasteiger partial charge in [-0.1, -0.05) is 17.7 Å². The molecule has 84 valence electrons. The van der Waals surface area contributed by atoms with Crippen LogP contribution in [0.1, 0.15) is 21.7 Å². The van der Waals surface area contributed by atoms with E-state index in [0.717, 1.165) is 10.7 Å². The summed E-state index contributed by atoms with van der Waals surface area (Å²) in [6.45, 7) is 6.82. The Kier molecular flexibility index (Phi) is 3.08. The maximum atomic E-state index is 5.68. The van der Waals surface area contributed by atoms with Gasteiger partial charge in [-0.3, -0.25) is 0 Å². The van der Waals surface area contributed by atoms with Gasteiger partial charge in [0.15, 0.2) is 0 Å². The van der Waals surface area contributed by atoms with E-state index in [1.807, 2.05) is 6.92 Å². The van der Waals surface area contributed by atoms with E-state index in [1.165, 1.54) is 21.6 Å². The topological polar surface area (TPSA) is 38.9 Å². The van der Waals surface area contributed by atoms with Crippen LogP contribution < -0.4 is 5.73 Å². The van der Waals surface area contributed by atoms with Crippen molar-refractivity contribution in [1.29, 1.82) is 0 Å². The molecule has 0 spiro atoms. The predicted molar refractivity (Wildman–Crippen MR) is 69.7 cm³/mol. The fourth-order valence-corrected chi connectivity index (χ4v) is 2.72. The van der Waals surface area contributed by atoms with Crippen LogP contribution in [0.25, 0.3) is 10.6 Å². The van der Waals surface area contributed by atoms with Crippen LogP contribution in [-0.4, -0.2) is 4.98 Å². The van der Waals surface area contributed by atoms with Gasteiger partial charge in [-0.05, 0) is 32.4 Å². The Balaban J connectivity index is 2.53. The Bertz CT molecular complexity index is 515. The molecule has 0 aliphatic rings. The van der Waals surface area contributed by atoms with Crippen LogP contribution in [0.3, 0.4) is 0 Å². The average Bonchev–Trinajstić information content (AvgIpc) is 2.63. The summed E-state index contributed by atoms with van der Waals surface area (Å²) in [6, 6.07) is 6.46. The molecular formula is C13H16N2S. The summed E-state index contributed by atoms with van der Waals surface area (Å²) < 4.78 is 0. The molecule has 1 heterocycles. The summed E-state index contributed by atoms with van der Waals surface area (Å²) in [5.41, 5.74) is 10.5. The zero-order valence-electron chi connectivity index (χ0n) is 9.87. The normalized spacial score (nSPS) is 10.8. The molecule has 0 fully saturated rings. The van der Waals surface area contributed by atoms with Gasteiger partial charge in [0, 0.05) is 17.0 Å². The molecular weight excluding hydrogens is 216 g/mol. The third-order valence-electron chi connectivity index (χ3n) is 2.70. The number of thiazole rings is 1. The SMILES string of the molecule is Cc1ccc(C)c(-c2nc(C)c(CN)s2)c1. The summed E-state index contributed by atoms with van der Waals surface area (Å²) in [5, 5.41) is 1.08. The molecule has 0 aliphatic carbocycles. The van der Waals surface area contributed by atoms with Crippen LogP contribution in [-0.2, 0) is 6.54 Å². The van der Waals surface area contributed by atoms with Gasteiger partial charge in [-0.2, -0.15) is 0 Å². The fourth-order valence-electron chi connectivity index (χ4n) is 1.70. The molecule has 2 nitrogen and oxygen atoms in total. The molecule has 3 heteroatoms. The standard InChI is InChI=1S/C13H16N2S/c1-8-4-5-9(2)11(6-8)13-15-10(3)12(7-14)16-13/h4-6H,7,14H2,1-3H3. The number of hydrogen-bond acceptors (Lipinski definition) is 3. The first-order chi connectivity index (χ1) is 7.61. The molecule has 0 amide bonds. The molecule has 0 bridgehead atoms. The Hall–Kier alpha value is -1.19. The van der Waals surface area contributed by atoms with Crippen molar-refractivity contribution in [2.24, 2.45) is 5.73 Å². The van der Waals surface area contributed by atoms with Gasteiger partial charge in [0.05, 0.1) is 5.69 Å². The Morgan fingerprint density at radius 1 is 1.25 bits per heavy atom. The van der Waals surface area contributed by atoms with Crippen molar-refractivity contribution in [3.63, 3.8) is 0 Å². The second-order valence-electron chi connectivity index (χ2n) is 4.05. The Morgan fingerprint density at radius 2 is 2.00 bits per heavy atom. The number of aryl methyl sites for hydroxylation is 3. The van der Waals surface area contributed by atoms with E-state index >= 15 is 0 Å². The van der Waals surface area contributed by atoms with Gasteiger partial charge < -0.3 is 5.73 Å². The van der Waals surface area contributed by atoms with E-state index in [9.17, 15) is 0 Å². The van der Waals surface area contributed by atoms with Gasteiger partial charge in [0.25, 0.3) is 0 Å². The second kappa shape index (κ2) is 4.36. The summed E-state index contributed by atoms with van der Waals surface area (Å²) in [7, 11) is 0. The molecule has 0 radical (unpaired) electrons. The van der Waals surface area contributed by atoms with Gasteiger partial charge in [0.2, 0.25) is 0 Å². The minimum Gasteiger partial charge on any atom is -0.326 e. The number of aromatic nitrogens is 1. The van der Waals surface area contributed by atoms with Crippen molar-refractivity contribution in [2.75, 3.05) is 0 Å². The molecule has 1 aromatic carbocycles. The zero-order valence-corrected chi connectivity index (χ0v) is 10.7. The van der Waals surface area contributed by atoms with Crippen molar-refractivity contribution in [3.05, 3.63) is 39.9 Å². The molecule has 0 atom stereocenters. The molecule has 0 aliphatic heterocycles. The van der Waals surface area contributed by atoms with Crippen LogP contribution in [0.2, 0.25) is 0 Å². The maximum Gasteiger partial charge on any atom is 0.124 e. The van der Waals surface area contributed by atoms with Gasteiger partial charge in [0.1, 0.15) is 5.01 Å². The molecule has 2 N–H and O–H groups in total. The first-order valence-electron chi connectivity index (χ1n) is 5.36. The van der Waals surface area contributed by atoms with Crippen molar-refractivity contribution in [3.8, 4) is 10.6 Å². The predicted octanol–water partition coefficient (Wildman–Crippen LogP) is 3.19. The average molecular weight is 232 g/mol. The lowest BCUT2D eigenvalue weighted by molar-refractivity contribution is 1.06. The van der Waals surface area contributed by atoms with Gasteiger partial charge in [-0.25, -0.2) is 4.98 Å². The monoisotopic (exact) mass is 232 g/mol. The molecule has 0 unspecified atom stereocenters. The van der Waals surface area contributed by atoms with Crippen LogP contribution in [0.4, 0.5) is 0 Å². The van der Waals surface area contributed by atoms with Crippen molar-refractivity contribution in [2.45, 2.75) is 27.3 Å². The highest BCUT2D eigenvalue weighted by Gasteiger charge is 2.10. The number of rotatable bonds is 2.